The second-order valence-electron chi connectivity index (χ2n) is 5.60. The molecule has 4 aromatic rings. The topological polar surface area (TPSA) is 38.7 Å². The van der Waals surface area contributed by atoms with Crippen LogP contribution < -0.4 is 0 Å². The van der Waals surface area contributed by atoms with Gasteiger partial charge in [0.2, 0.25) is 0 Å². The highest BCUT2D eigenvalue weighted by Crippen LogP contribution is 2.27. The van der Waals surface area contributed by atoms with Gasteiger partial charge in [0.25, 0.3) is 0 Å². The van der Waals surface area contributed by atoms with Crippen LogP contribution >= 0.6 is 15.9 Å². The van der Waals surface area contributed by atoms with Gasteiger partial charge in [-0.3, -0.25) is 4.98 Å². The third-order valence-corrected chi connectivity index (χ3v) is 4.26. The van der Waals surface area contributed by atoms with Crippen molar-refractivity contribution in [2.75, 3.05) is 0 Å². The lowest BCUT2D eigenvalue weighted by atomic mass is 10.0. The van der Waals surface area contributed by atoms with Crippen molar-refractivity contribution < 1.29 is 0 Å². The van der Waals surface area contributed by atoms with Gasteiger partial charge in [-0.25, -0.2) is 9.97 Å². The zero-order chi connectivity index (χ0) is 17.1. The third-order valence-electron chi connectivity index (χ3n) is 3.91. The van der Waals surface area contributed by atoms with E-state index in [1.807, 2.05) is 67.0 Å². The number of rotatable bonds is 3. The SMILES string of the molecule is Brc1nc(-c2ccccc2)cc(-c2cncc(-c3ccccc3)c2)n1. The first-order valence-electron chi connectivity index (χ1n) is 7.90. The smallest absolute Gasteiger partial charge is 0.197 e. The maximum atomic E-state index is 4.53. The maximum Gasteiger partial charge on any atom is 0.197 e. The molecule has 0 aliphatic heterocycles. The van der Waals surface area contributed by atoms with E-state index in [-0.39, 0.29) is 0 Å². The summed E-state index contributed by atoms with van der Waals surface area (Å²) in [4.78, 5) is 13.4. The molecule has 0 aliphatic carbocycles. The van der Waals surface area contributed by atoms with Crippen molar-refractivity contribution in [1.29, 1.82) is 0 Å². The van der Waals surface area contributed by atoms with Crippen molar-refractivity contribution >= 4 is 15.9 Å². The van der Waals surface area contributed by atoms with Crippen LogP contribution in [0.2, 0.25) is 0 Å². The van der Waals surface area contributed by atoms with Gasteiger partial charge in [0.05, 0.1) is 11.4 Å². The largest absolute Gasteiger partial charge is 0.263 e. The number of nitrogens with zero attached hydrogens (tertiary/aromatic N) is 3. The molecule has 0 bridgehead atoms. The van der Waals surface area contributed by atoms with Crippen LogP contribution in [-0.4, -0.2) is 15.0 Å². The fourth-order valence-corrected chi connectivity index (χ4v) is 3.07. The summed E-state index contributed by atoms with van der Waals surface area (Å²) < 4.78 is 0.564. The molecule has 120 valence electrons. The minimum atomic E-state index is 0.564. The zero-order valence-corrected chi connectivity index (χ0v) is 14.9. The Labute approximate surface area is 154 Å². The number of pyridine rings is 1. The van der Waals surface area contributed by atoms with E-state index < -0.39 is 0 Å². The van der Waals surface area contributed by atoms with E-state index in [1.165, 1.54) is 0 Å². The molecule has 2 aromatic heterocycles. The molecule has 0 saturated heterocycles. The Kier molecular flexibility index (Phi) is 4.36. The predicted molar refractivity (Wildman–Crippen MR) is 104 cm³/mol. The molecule has 0 unspecified atom stereocenters. The minimum absolute atomic E-state index is 0.564. The average molecular weight is 388 g/mol. The molecule has 0 aliphatic rings. The normalized spacial score (nSPS) is 10.6. The van der Waals surface area contributed by atoms with E-state index in [2.05, 4.69) is 49.1 Å². The van der Waals surface area contributed by atoms with Gasteiger partial charge in [-0.15, -0.1) is 0 Å². The quantitative estimate of drug-likeness (QED) is 0.427. The predicted octanol–water partition coefficient (Wildman–Crippen LogP) is 5.64. The Morgan fingerprint density at radius 2 is 1.12 bits per heavy atom. The first kappa shape index (κ1) is 15.7. The van der Waals surface area contributed by atoms with Gasteiger partial charge in [-0.1, -0.05) is 60.7 Å². The molecule has 2 aromatic carbocycles. The molecule has 3 nitrogen and oxygen atoms in total. The van der Waals surface area contributed by atoms with Crippen LogP contribution in [0.3, 0.4) is 0 Å². The Morgan fingerprint density at radius 1 is 0.560 bits per heavy atom. The van der Waals surface area contributed by atoms with Crippen LogP contribution in [0.5, 0.6) is 0 Å². The molecule has 4 rings (SSSR count). The number of aromatic nitrogens is 3. The van der Waals surface area contributed by atoms with E-state index in [0.717, 1.165) is 33.6 Å². The fraction of sp³-hybridized carbons (Fsp3) is 0. The fourth-order valence-electron chi connectivity index (χ4n) is 2.69. The summed E-state index contributed by atoms with van der Waals surface area (Å²) in [5.41, 5.74) is 5.93. The first-order valence-corrected chi connectivity index (χ1v) is 8.70. The van der Waals surface area contributed by atoms with Crippen molar-refractivity contribution in [3.8, 4) is 33.6 Å². The molecule has 0 spiro atoms. The second-order valence-corrected chi connectivity index (χ2v) is 6.31. The zero-order valence-electron chi connectivity index (χ0n) is 13.3. The molecule has 25 heavy (non-hydrogen) atoms. The van der Waals surface area contributed by atoms with E-state index >= 15 is 0 Å². The molecule has 0 amide bonds. The molecule has 2 heterocycles. The highest BCUT2D eigenvalue weighted by atomic mass is 79.9. The summed E-state index contributed by atoms with van der Waals surface area (Å²) in [6.45, 7) is 0. The van der Waals surface area contributed by atoms with Crippen molar-refractivity contribution in [3.63, 3.8) is 0 Å². The molecular formula is C21H14BrN3. The van der Waals surface area contributed by atoms with Crippen LogP contribution in [0.4, 0.5) is 0 Å². The lowest BCUT2D eigenvalue weighted by Gasteiger charge is -2.07. The van der Waals surface area contributed by atoms with Crippen molar-refractivity contribution in [1.82, 2.24) is 15.0 Å². The Balaban J connectivity index is 1.79. The summed E-state index contributed by atoms with van der Waals surface area (Å²) >= 11 is 3.43. The highest BCUT2D eigenvalue weighted by molar-refractivity contribution is 9.10. The highest BCUT2D eigenvalue weighted by Gasteiger charge is 2.09. The van der Waals surface area contributed by atoms with Gasteiger partial charge in [-0.05, 0) is 33.6 Å². The number of hydrogen-bond donors (Lipinski definition) is 0. The van der Waals surface area contributed by atoms with Gasteiger partial charge in [0, 0.05) is 29.1 Å². The van der Waals surface area contributed by atoms with E-state index in [9.17, 15) is 0 Å². The molecular weight excluding hydrogens is 374 g/mol. The second kappa shape index (κ2) is 6.95. The van der Waals surface area contributed by atoms with Gasteiger partial charge in [0.1, 0.15) is 0 Å². The van der Waals surface area contributed by atoms with Gasteiger partial charge >= 0.3 is 0 Å². The van der Waals surface area contributed by atoms with Crippen LogP contribution in [-0.2, 0) is 0 Å². The Bertz CT molecular complexity index is 1000. The summed E-state index contributed by atoms with van der Waals surface area (Å²) in [5, 5.41) is 0. The number of halogens is 1. The van der Waals surface area contributed by atoms with E-state index in [1.54, 1.807) is 0 Å². The van der Waals surface area contributed by atoms with E-state index in [0.29, 0.717) is 4.73 Å². The van der Waals surface area contributed by atoms with Crippen LogP contribution in [0, 0.1) is 0 Å². The number of benzene rings is 2. The minimum Gasteiger partial charge on any atom is -0.263 e. The van der Waals surface area contributed by atoms with Crippen molar-refractivity contribution in [2.24, 2.45) is 0 Å². The summed E-state index contributed by atoms with van der Waals surface area (Å²) in [5.74, 6) is 0. The monoisotopic (exact) mass is 387 g/mol. The lowest BCUT2D eigenvalue weighted by molar-refractivity contribution is 1.12. The van der Waals surface area contributed by atoms with Gasteiger partial charge in [-0.2, -0.15) is 0 Å². The summed E-state index contributed by atoms with van der Waals surface area (Å²) in [6.07, 6.45) is 3.70. The average Bonchev–Trinajstić information content (AvgIpc) is 2.69. The maximum absolute atomic E-state index is 4.53. The van der Waals surface area contributed by atoms with Crippen LogP contribution in [0.15, 0.2) is 89.9 Å². The summed E-state index contributed by atoms with van der Waals surface area (Å²) in [7, 11) is 0. The first-order chi connectivity index (χ1) is 12.3. The Morgan fingerprint density at radius 3 is 1.80 bits per heavy atom. The standard InChI is InChI=1S/C21H14BrN3/c22-21-24-19(16-9-5-2-6-10-16)12-20(25-21)18-11-17(13-23-14-18)15-7-3-1-4-8-15/h1-14H. The van der Waals surface area contributed by atoms with Gasteiger partial charge in [0.15, 0.2) is 4.73 Å². The van der Waals surface area contributed by atoms with Crippen LogP contribution in [0.25, 0.3) is 33.6 Å². The van der Waals surface area contributed by atoms with Crippen LogP contribution in [0.1, 0.15) is 0 Å². The molecule has 0 fully saturated rings. The molecule has 0 saturated carbocycles. The number of hydrogen-bond acceptors (Lipinski definition) is 3. The van der Waals surface area contributed by atoms with E-state index in [4.69, 9.17) is 0 Å². The Hall–Kier alpha value is -2.85. The van der Waals surface area contributed by atoms with Crippen molar-refractivity contribution in [3.05, 3.63) is 89.9 Å². The van der Waals surface area contributed by atoms with Crippen molar-refractivity contribution in [2.45, 2.75) is 0 Å². The molecule has 0 N–H and O–H groups in total. The summed E-state index contributed by atoms with van der Waals surface area (Å²) in [6, 6.07) is 24.4. The molecule has 0 atom stereocenters. The lowest BCUT2D eigenvalue weighted by Crippen LogP contribution is -1.93. The third kappa shape index (κ3) is 3.49. The molecule has 0 radical (unpaired) electrons. The molecule has 4 heteroatoms. The van der Waals surface area contributed by atoms with Gasteiger partial charge < -0.3 is 0 Å².